The fourth-order valence-electron chi connectivity index (χ4n) is 2.58. The number of carbonyl (C=O) groups excluding carboxylic acids is 1. The van der Waals surface area contributed by atoms with E-state index in [9.17, 15) is 15.0 Å². The Morgan fingerprint density at radius 1 is 1.26 bits per heavy atom. The molecule has 1 amide bonds. The number of alkyl halides is 1. The van der Waals surface area contributed by atoms with Crippen molar-refractivity contribution in [1.82, 2.24) is 4.90 Å². The molecule has 0 aliphatic heterocycles. The minimum atomic E-state index is -0.395. The van der Waals surface area contributed by atoms with E-state index in [1.54, 1.807) is 7.05 Å². The summed E-state index contributed by atoms with van der Waals surface area (Å²) in [6.07, 6.45) is 3.86. The van der Waals surface area contributed by atoms with Gasteiger partial charge in [-0.3, -0.25) is 4.79 Å². The Bertz CT molecular complexity index is 458. The minimum Gasteiger partial charge on any atom is -0.507 e. The highest BCUT2D eigenvalue weighted by Crippen LogP contribution is 2.31. The topological polar surface area (TPSA) is 60.8 Å². The van der Waals surface area contributed by atoms with Crippen molar-refractivity contribution in [2.45, 2.75) is 37.1 Å². The Morgan fingerprint density at radius 3 is 2.42 bits per heavy atom. The fraction of sp³-hybridized carbons (Fsp3) is 0.500. The number of carbonyl (C=O) groups is 1. The number of phenols is 2. The van der Waals surface area contributed by atoms with Gasteiger partial charge in [0.2, 0.25) is 0 Å². The van der Waals surface area contributed by atoms with Crippen LogP contribution < -0.4 is 0 Å². The number of aromatic hydroxyl groups is 2. The zero-order valence-corrected chi connectivity index (χ0v) is 11.6. The van der Waals surface area contributed by atoms with E-state index in [1.165, 1.54) is 23.1 Å². The maximum Gasteiger partial charge on any atom is 0.261 e. The second kappa shape index (κ2) is 5.70. The van der Waals surface area contributed by atoms with E-state index in [-0.39, 0.29) is 28.5 Å². The first-order valence-electron chi connectivity index (χ1n) is 6.44. The van der Waals surface area contributed by atoms with Crippen LogP contribution in [0.5, 0.6) is 11.5 Å². The lowest BCUT2D eigenvalue weighted by atomic mass is 9.93. The summed E-state index contributed by atoms with van der Waals surface area (Å²) >= 11 is 6.27. The maximum absolute atomic E-state index is 12.4. The Morgan fingerprint density at radius 2 is 1.84 bits per heavy atom. The predicted molar refractivity (Wildman–Crippen MR) is 73.8 cm³/mol. The quantitative estimate of drug-likeness (QED) is 0.821. The van der Waals surface area contributed by atoms with Crippen LogP contribution in [0.4, 0.5) is 0 Å². The van der Waals surface area contributed by atoms with E-state index < -0.39 is 5.91 Å². The van der Waals surface area contributed by atoms with Gasteiger partial charge >= 0.3 is 0 Å². The number of nitrogens with zero attached hydrogens (tertiary/aromatic N) is 1. The van der Waals surface area contributed by atoms with E-state index in [2.05, 4.69) is 0 Å². The molecule has 0 heterocycles. The highest BCUT2D eigenvalue weighted by atomic mass is 35.5. The molecule has 0 radical (unpaired) electrons. The predicted octanol–water partition coefficient (Wildman–Crippen LogP) is 2.72. The van der Waals surface area contributed by atoms with Crippen LogP contribution in [0.3, 0.4) is 0 Å². The largest absolute Gasteiger partial charge is 0.507 e. The molecule has 5 heteroatoms. The summed E-state index contributed by atoms with van der Waals surface area (Å²) in [4.78, 5) is 13.9. The smallest absolute Gasteiger partial charge is 0.261 e. The maximum atomic E-state index is 12.4. The van der Waals surface area contributed by atoms with Crippen LogP contribution in [-0.4, -0.2) is 39.5 Å². The Balaban J connectivity index is 2.23. The van der Waals surface area contributed by atoms with Crippen molar-refractivity contribution in [1.29, 1.82) is 0 Å². The van der Waals surface area contributed by atoms with E-state index in [0.29, 0.717) is 0 Å². The van der Waals surface area contributed by atoms with Crippen LogP contribution in [0.15, 0.2) is 18.2 Å². The molecule has 2 atom stereocenters. The van der Waals surface area contributed by atoms with Crippen molar-refractivity contribution in [3.63, 3.8) is 0 Å². The van der Waals surface area contributed by atoms with Crippen LogP contribution in [0, 0.1) is 0 Å². The van der Waals surface area contributed by atoms with Gasteiger partial charge in [0.15, 0.2) is 0 Å². The number of hydrogen-bond acceptors (Lipinski definition) is 3. The third-order valence-electron chi connectivity index (χ3n) is 3.70. The normalized spacial score (nSPS) is 23.1. The third kappa shape index (κ3) is 2.78. The van der Waals surface area contributed by atoms with Gasteiger partial charge in [0, 0.05) is 13.1 Å². The Kier molecular flexibility index (Phi) is 4.20. The molecule has 4 nitrogen and oxygen atoms in total. The molecule has 0 aromatic heterocycles. The molecule has 1 saturated carbocycles. The number of halogens is 1. The number of hydrogen-bond donors (Lipinski definition) is 2. The zero-order valence-electron chi connectivity index (χ0n) is 10.8. The molecule has 2 unspecified atom stereocenters. The number of amides is 1. The second-order valence-corrected chi connectivity index (χ2v) is 5.52. The van der Waals surface area contributed by atoms with Crippen molar-refractivity contribution >= 4 is 17.5 Å². The van der Waals surface area contributed by atoms with Gasteiger partial charge in [0.1, 0.15) is 17.1 Å². The average Bonchev–Trinajstić information content (AvgIpc) is 2.38. The number of rotatable bonds is 2. The number of phenolic OH excluding ortho intramolecular Hbond substituents is 2. The van der Waals surface area contributed by atoms with E-state index in [4.69, 9.17) is 11.6 Å². The third-order valence-corrected chi connectivity index (χ3v) is 4.21. The number of benzene rings is 1. The first kappa shape index (κ1) is 14.0. The van der Waals surface area contributed by atoms with Gasteiger partial charge in [-0.25, -0.2) is 0 Å². The van der Waals surface area contributed by atoms with Crippen molar-refractivity contribution in [3.8, 4) is 11.5 Å². The van der Waals surface area contributed by atoms with Crippen LogP contribution in [0.25, 0.3) is 0 Å². The zero-order chi connectivity index (χ0) is 14.0. The van der Waals surface area contributed by atoms with Crippen LogP contribution in [0.2, 0.25) is 0 Å². The van der Waals surface area contributed by atoms with Crippen LogP contribution >= 0.6 is 11.6 Å². The fourth-order valence-corrected chi connectivity index (χ4v) is 3.03. The lowest BCUT2D eigenvalue weighted by Crippen LogP contribution is -2.44. The van der Waals surface area contributed by atoms with Crippen LogP contribution in [-0.2, 0) is 0 Å². The molecular weight excluding hydrogens is 266 g/mol. The van der Waals surface area contributed by atoms with Crippen molar-refractivity contribution in [3.05, 3.63) is 23.8 Å². The SMILES string of the molecule is CN(C(=O)c1c(O)cccc1O)C1CCCCC1Cl. The molecular formula is C14H18ClNO3. The minimum absolute atomic E-state index is 0.0538. The molecule has 0 saturated heterocycles. The summed E-state index contributed by atoms with van der Waals surface area (Å²) in [5.74, 6) is -0.814. The van der Waals surface area contributed by atoms with Gasteiger partial charge in [-0.15, -0.1) is 11.6 Å². The van der Waals surface area contributed by atoms with Crippen molar-refractivity contribution in [2.75, 3.05) is 7.05 Å². The molecule has 1 aliphatic carbocycles. The molecule has 0 bridgehead atoms. The summed E-state index contributed by atoms with van der Waals surface area (Å²) in [5.41, 5.74) is -0.0561. The van der Waals surface area contributed by atoms with Gasteiger partial charge < -0.3 is 15.1 Å². The summed E-state index contributed by atoms with van der Waals surface area (Å²) in [6.45, 7) is 0. The van der Waals surface area contributed by atoms with E-state index in [1.807, 2.05) is 0 Å². The average molecular weight is 284 g/mol. The van der Waals surface area contributed by atoms with Crippen molar-refractivity contribution in [2.24, 2.45) is 0 Å². The second-order valence-electron chi connectivity index (χ2n) is 4.96. The van der Waals surface area contributed by atoms with Gasteiger partial charge in [0.25, 0.3) is 5.91 Å². The van der Waals surface area contributed by atoms with Gasteiger partial charge in [0.05, 0.1) is 5.38 Å². The summed E-state index contributed by atoms with van der Waals surface area (Å²) in [7, 11) is 1.67. The molecule has 1 aromatic carbocycles. The lowest BCUT2D eigenvalue weighted by Gasteiger charge is -2.35. The van der Waals surface area contributed by atoms with Crippen molar-refractivity contribution < 1.29 is 15.0 Å². The van der Waals surface area contributed by atoms with Crippen LogP contribution in [0.1, 0.15) is 36.0 Å². The molecule has 1 fully saturated rings. The molecule has 2 rings (SSSR count). The molecule has 2 N–H and O–H groups in total. The molecule has 19 heavy (non-hydrogen) atoms. The van der Waals surface area contributed by atoms with Gasteiger partial charge in [-0.1, -0.05) is 18.9 Å². The summed E-state index contributed by atoms with van der Waals surface area (Å²) in [5, 5.41) is 19.4. The molecule has 1 aliphatic rings. The molecule has 1 aromatic rings. The monoisotopic (exact) mass is 283 g/mol. The highest BCUT2D eigenvalue weighted by Gasteiger charge is 2.31. The standard InChI is InChI=1S/C14H18ClNO3/c1-16(10-6-3-2-5-9(10)15)14(19)13-11(17)7-4-8-12(13)18/h4,7-10,17-18H,2-3,5-6H2,1H3. The first-order valence-corrected chi connectivity index (χ1v) is 6.88. The Labute approximate surface area is 117 Å². The molecule has 0 spiro atoms. The van der Waals surface area contributed by atoms with E-state index >= 15 is 0 Å². The first-order chi connectivity index (χ1) is 9.02. The van der Waals surface area contributed by atoms with E-state index in [0.717, 1.165) is 25.7 Å². The van der Waals surface area contributed by atoms with Gasteiger partial charge in [-0.05, 0) is 25.0 Å². The lowest BCUT2D eigenvalue weighted by molar-refractivity contribution is 0.0694. The van der Waals surface area contributed by atoms with Gasteiger partial charge in [-0.2, -0.15) is 0 Å². The Hall–Kier alpha value is -1.42. The summed E-state index contributed by atoms with van der Waals surface area (Å²) < 4.78 is 0. The highest BCUT2D eigenvalue weighted by molar-refractivity contribution is 6.21. The summed E-state index contributed by atoms with van der Waals surface area (Å²) in [6, 6.07) is 4.22. The molecule has 104 valence electrons.